The fraction of sp³-hybridized carbons (Fsp3) is 0.489. The molecule has 8 aromatic carbocycles. The third-order valence-corrected chi connectivity index (χ3v) is 36.1. The molecule has 1 N–H and O–H groups in total. The lowest BCUT2D eigenvalue weighted by Gasteiger charge is -2.19. The number of alkyl halides is 3. The lowest BCUT2D eigenvalue weighted by Crippen LogP contribution is -2.26. The first-order valence-electron chi connectivity index (χ1n) is 41.3. The van der Waals surface area contributed by atoms with Gasteiger partial charge in [0.05, 0.1) is 106 Å². The number of halogens is 3. The Kier molecular flexibility index (Phi) is 41.4. The van der Waals surface area contributed by atoms with Crippen molar-refractivity contribution in [3.05, 3.63) is 210 Å². The van der Waals surface area contributed by atoms with Gasteiger partial charge in [-0.1, -0.05) is 108 Å². The molecular weight excluding hydrogens is 1600 g/mol. The Morgan fingerprint density at radius 2 is 0.759 bits per heavy atom. The number of fused-ring (bicyclic) bond motifs is 2. The molecule has 0 saturated carbocycles. The average molecular weight is 1730 g/mol. The summed E-state index contributed by atoms with van der Waals surface area (Å²) in [5.41, 5.74) is 6.18. The van der Waals surface area contributed by atoms with Crippen molar-refractivity contribution < 1.29 is 70.4 Å². The van der Waals surface area contributed by atoms with Crippen LogP contribution in [-0.2, 0) is 132 Å². The first-order chi connectivity index (χ1) is 56.6. The lowest BCUT2D eigenvalue weighted by molar-refractivity contribution is -0.153. The average Bonchev–Trinajstić information content (AvgIpc) is 0.852. The summed E-state index contributed by atoms with van der Waals surface area (Å²) in [5.74, 6) is 18.7. The zero-order valence-corrected chi connectivity index (χ0v) is 74.9. The van der Waals surface area contributed by atoms with E-state index in [-0.39, 0.29) is 22.1 Å². The molecule has 8 aliphatic rings. The number of ether oxygens (including phenoxy) is 11. The summed E-state index contributed by atoms with van der Waals surface area (Å²) in [4.78, 5) is 10.1. The number of hydrogen-bond donors (Lipinski definition) is 1. The highest BCUT2D eigenvalue weighted by Gasteiger charge is 2.35. The normalized spacial score (nSPS) is 18.0. The summed E-state index contributed by atoms with van der Waals surface area (Å²) in [7, 11) is 4.22. The number of hydrogen-bond acceptors (Lipinski definition) is 12. The first kappa shape index (κ1) is 93.2. The second kappa shape index (κ2) is 51.6. The summed E-state index contributed by atoms with van der Waals surface area (Å²) in [6.07, 6.45) is 5.36. The predicted octanol–water partition coefficient (Wildman–Crippen LogP) is 18.0. The van der Waals surface area contributed by atoms with Crippen molar-refractivity contribution in [1.29, 1.82) is 0 Å². The van der Waals surface area contributed by atoms with E-state index in [4.69, 9.17) is 57.2 Å². The van der Waals surface area contributed by atoms with Crippen LogP contribution in [-0.4, -0.2) is 218 Å². The maximum absolute atomic E-state index is 12.4. The number of benzene rings is 8. The molecule has 7 aliphatic heterocycles. The molecule has 0 amide bonds. The van der Waals surface area contributed by atoms with Crippen LogP contribution in [0, 0.1) is 0 Å². The molecule has 12 nitrogen and oxygen atoms in total. The number of aromatic hydroxyl groups is 1. The molecule has 0 radical (unpaired) electrons. The minimum absolute atomic E-state index is 0.0853. The molecule has 0 aromatic heterocycles. The molecule has 0 unspecified atom stereocenters. The minimum Gasteiger partial charge on any atom is -0.508 e. The van der Waals surface area contributed by atoms with E-state index in [9.17, 15) is 13.2 Å². The van der Waals surface area contributed by atoms with E-state index in [2.05, 4.69) is 150 Å². The van der Waals surface area contributed by atoms with Crippen LogP contribution in [0.1, 0.15) is 82.6 Å². The van der Waals surface area contributed by atoms with Crippen molar-refractivity contribution in [2.45, 2.75) is 114 Å². The molecule has 22 heteroatoms. The summed E-state index contributed by atoms with van der Waals surface area (Å²) in [6, 6.07) is 63.0. The van der Waals surface area contributed by atoms with E-state index in [0.717, 1.165) is 169 Å². The molecular formula is C94H126F3O12S7+7. The van der Waals surface area contributed by atoms with Crippen LogP contribution in [0.3, 0.4) is 0 Å². The molecule has 0 spiro atoms. The van der Waals surface area contributed by atoms with Gasteiger partial charge >= 0.3 is 6.18 Å². The van der Waals surface area contributed by atoms with Gasteiger partial charge < -0.3 is 57.2 Å². The van der Waals surface area contributed by atoms with Gasteiger partial charge in [0, 0.05) is 99.7 Å². The summed E-state index contributed by atoms with van der Waals surface area (Å²) in [6.45, 7) is 24.5. The number of phenols is 1. The number of allylic oxidation sites excluding steroid dienone is 1. The fourth-order valence-electron chi connectivity index (χ4n) is 13.6. The van der Waals surface area contributed by atoms with Crippen molar-refractivity contribution in [1.82, 2.24) is 0 Å². The Bertz CT molecular complexity index is 3970. The largest absolute Gasteiger partial charge is 0.508 e. The Morgan fingerprint density at radius 3 is 1.18 bits per heavy atom. The summed E-state index contributed by atoms with van der Waals surface area (Å²) >= 11 is 0. The zero-order chi connectivity index (χ0) is 81.4. The quantitative estimate of drug-likeness (QED) is 0.0577. The number of unbranched alkanes of at least 4 members (excludes halogenated alkanes) is 2. The highest BCUT2D eigenvalue weighted by Crippen LogP contribution is 2.37. The van der Waals surface area contributed by atoms with Gasteiger partial charge in [-0.15, -0.1) is 0 Å². The number of rotatable bonds is 20. The lowest BCUT2D eigenvalue weighted by atomic mass is 9.87. The zero-order valence-electron chi connectivity index (χ0n) is 69.2. The fourth-order valence-corrected chi connectivity index (χ4v) is 27.0. The Morgan fingerprint density at radius 1 is 0.379 bits per heavy atom. The highest BCUT2D eigenvalue weighted by molar-refractivity contribution is 8.05. The van der Waals surface area contributed by atoms with Crippen LogP contribution in [0.15, 0.2) is 217 Å². The van der Waals surface area contributed by atoms with Crippen molar-refractivity contribution in [3.63, 3.8) is 0 Å². The van der Waals surface area contributed by atoms with Crippen LogP contribution in [0.25, 0.3) is 15.7 Å². The van der Waals surface area contributed by atoms with Gasteiger partial charge in [0.1, 0.15) is 110 Å². The third kappa shape index (κ3) is 32.0. The van der Waals surface area contributed by atoms with Crippen molar-refractivity contribution in [2.24, 2.45) is 0 Å². The van der Waals surface area contributed by atoms with E-state index < -0.39 is 12.8 Å². The van der Waals surface area contributed by atoms with Crippen LogP contribution >= 0.6 is 0 Å². The van der Waals surface area contributed by atoms with Gasteiger partial charge in [0.25, 0.3) is 0 Å². The van der Waals surface area contributed by atoms with E-state index in [1.807, 2.05) is 54.6 Å². The Labute approximate surface area is 710 Å². The first-order valence-corrected chi connectivity index (χ1v) is 52.3. The van der Waals surface area contributed by atoms with Gasteiger partial charge in [-0.25, -0.2) is 0 Å². The van der Waals surface area contributed by atoms with Crippen LogP contribution in [0.5, 0.6) is 23.0 Å². The smallest absolute Gasteiger partial charge is 0.422 e. The van der Waals surface area contributed by atoms with Gasteiger partial charge in [-0.05, 0) is 175 Å². The van der Waals surface area contributed by atoms with E-state index >= 15 is 0 Å². The Hall–Kier alpha value is -5.12. The van der Waals surface area contributed by atoms with E-state index in [1.54, 1.807) is 30.2 Å². The molecule has 7 fully saturated rings. The molecule has 1 aliphatic carbocycles. The van der Waals surface area contributed by atoms with Crippen molar-refractivity contribution >= 4 is 91.9 Å². The molecule has 16 rings (SSSR count). The maximum Gasteiger partial charge on any atom is 0.422 e. The second-order valence-electron chi connectivity index (χ2n) is 29.5. The van der Waals surface area contributed by atoms with Gasteiger partial charge in [-0.3, -0.25) is 0 Å². The SMILES string of the molecule is C1=C([S+]2CCOCC2)c2ccccc2C1.CC(C)(C)c1ccc([S+]2CCOCC2)cc1.CCCCOc1ccc([S+]2CCOCC2)cc1.CCCCc1ccc([S+]2CCOCC2)cc1.COCCOc1ccc([S+]2CCOCC2)cc1.FC(F)(F)COc1ccc([S+]2CCOCC2)c2ccccc12.Oc1ccc([S+]2CCOCC2)cc1. The van der Waals surface area contributed by atoms with Crippen LogP contribution < -0.4 is 14.2 Å². The highest BCUT2D eigenvalue weighted by atomic mass is 32.2. The number of phenolic OH excluding ortho intramolecular Hbond substituents is 1. The van der Waals surface area contributed by atoms with Gasteiger partial charge in [0.2, 0.25) is 0 Å². The van der Waals surface area contributed by atoms with Gasteiger partial charge in [-0.2, -0.15) is 13.2 Å². The minimum atomic E-state index is -4.33. The standard InChI is InChI=1S/C16H16F3O2S.C14H21O2S.2C14H21OS.C13H19O3S.C13H15OS.C10H12O2S/c17-16(18,19)11-21-14-5-6-15(22-9-7-20-8-10-22)13-4-2-1-3-12(13)14;1-2-3-8-16-13-4-6-14(7-5-13)17-11-9-15-10-12-17;1-14(2,3)12-4-6-13(7-5-12)16-10-8-15-9-11-16;1-2-3-4-13-5-7-14(8-6-13)16-11-9-15-10-12-16;1-14-6-7-16-12-2-4-13(5-3-12)17-10-8-15-9-11-17;1-2-4-12-11(3-1)5-6-13(12)15-9-7-14-8-10-15;11-9-1-3-10(4-2-9)13-7-5-12-6-8-13/h1-6H,7-11H2;4-7H,2-3,8-12H2,1H3;4-7H,8-11H2,1-3H3;5-8H,2-4,9-12H2,1H3;2-5H,6-11H2,1H3;1-4,6H,5,7-10H2;1-4H,5-8H2/q6*+1;/p+1. The molecule has 8 aromatic rings. The third-order valence-electron chi connectivity index (χ3n) is 20.2. The Balaban J connectivity index is 0.000000144. The van der Waals surface area contributed by atoms with Gasteiger partial charge in [0.15, 0.2) is 40.9 Å². The molecule has 116 heavy (non-hydrogen) atoms. The van der Waals surface area contributed by atoms with E-state index in [1.165, 1.54) is 123 Å². The monoisotopic (exact) mass is 1730 g/mol. The van der Waals surface area contributed by atoms with E-state index in [0.29, 0.717) is 84.3 Å². The topological polar surface area (TPSA) is 122 Å². The summed E-state index contributed by atoms with van der Waals surface area (Å²) in [5, 5.41) is 10.9. The van der Waals surface area contributed by atoms with Crippen LogP contribution in [0.4, 0.5) is 13.2 Å². The molecule has 0 bridgehead atoms. The molecule has 0 atom stereocenters. The van der Waals surface area contributed by atoms with Crippen molar-refractivity contribution in [2.75, 3.05) is 207 Å². The molecule has 630 valence electrons. The summed E-state index contributed by atoms with van der Waals surface area (Å²) < 4.78 is 96.0. The second-order valence-corrected chi connectivity index (χ2v) is 45.4. The predicted molar refractivity (Wildman–Crippen MR) is 488 cm³/mol. The number of methoxy groups -OCH3 is 1. The number of aryl methyl sites for hydroxylation is 1. The van der Waals surface area contributed by atoms with Crippen LogP contribution in [0.2, 0.25) is 0 Å². The van der Waals surface area contributed by atoms with Crippen molar-refractivity contribution in [3.8, 4) is 23.0 Å². The molecule has 7 heterocycles. The maximum atomic E-state index is 12.4. The molecule has 7 saturated heterocycles.